The summed E-state index contributed by atoms with van der Waals surface area (Å²) < 4.78 is 29.7. The number of hydrogen-bond donors (Lipinski definition) is 0. The third-order valence-electron chi connectivity index (χ3n) is 2.24. The Morgan fingerprint density at radius 1 is 1.35 bits per heavy atom. The van der Waals surface area contributed by atoms with Crippen molar-refractivity contribution in [2.24, 2.45) is 0 Å². The van der Waals surface area contributed by atoms with Crippen LogP contribution in [0.4, 0.5) is 8.78 Å². The Kier molecular flexibility index (Phi) is 4.31. The number of hydrogen-bond acceptors (Lipinski definition) is 3. The second-order valence-electron chi connectivity index (χ2n) is 3.42. The van der Waals surface area contributed by atoms with Gasteiger partial charge in [0.1, 0.15) is 0 Å². The summed E-state index contributed by atoms with van der Waals surface area (Å²) in [5.74, 6) is -1.94. The molecule has 0 heterocycles. The Bertz CT molecular complexity index is 441. The van der Waals surface area contributed by atoms with E-state index < -0.39 is 18.2 Å². The van der Waals surface area contributed by atoms with Gasteiger partial charge >= 0.3 is 5.97 Å². The van der Waals surface area contributed by atoms with Crippen molar-refractivity contribution < 1.29 is 23.1 Å². The van der Waals surface area contributed by atoms with Crippen LogP contribution >= 0.6 is 0 Å². The minimum Gasteiger partial charge on any atom is -0.460 e. The van der Waals surface area contributed by atoms with E-state index in [1.807, 2.05) is 0 Å². The summed E-state index contributed by atoms with van der Waals surface area (Å²) in [6.45, 7) is 3.14. The Labute approximate surface area is 97.4 Å². The van der Waals surface area contributed by atoms with E-state index in [0.717, 1.165) is 6.07 Å². The number of benzene rings is 1. The third kappa shape index (κ3) is 3.09. The van der Waals surface area contributed by atoms with Crippen molar-refractivity contribution in [3.8, 4) is 0 Å². The number of alkyl halides is 2. The molecule has 0 aliphatic rings. The summed E-state index contributed by atoms with van der Waals surface area (Å²) in [6.07, 6.45) is -2.68. The van der Waals surface area contributed by atoms with Gasteiger partial charge in [0.15, 0.2) is 0 Å². The largest absolute Gasteiger partial charge is 0.460 e. The number of carbonyl (C=O) groups is 2. The molecule has 0 N–H and O–H groups in total. The van der Waals surface area contributed by atoms with E-state index in [2.05, 4.69) is 4.74 Å². The molecule has 0 bridgehead atoms. The minimum absolute atomic E-state index is 0.0676. The van der Waals surface area contributed by atoms with Gasteiger partial charge in [-0.1, -0.05) is 12.1 Å². The van der Waals surface area contributed by atoms with Crippen LogP contribution in [0.5, 0.6) is 0 Å². The van der Waals surface area contributed by atoms with E-state index in [9.17, 15) is 18.4 Å². The summed E-state index contributed by atoms with van der Waals surface area (Å²) in [4.78, 5) is 22.7. The van der Waals surface area contributed by atoms with Gasteiger partial charge in [-0.25, -0.2) is 13.6 Å². The molecule has 0 saturated carbocycles. The van der Waals surface area contributed by atoms with Crippen LogP contribution in [0.3, 0.4) is 0 Å². The highest BCUT2D eigenvalue weighted by Crippen LogP contribution is 2.23. The molecule has 0 amide bonds. The Balaban J connectivity index is 3.03. The van der Waals surface area contributed by atoms with Gasteiger partial charge in [-0.05, 0) is 25.5 Å². The van der Waals surface area contributed by atoms with E-state index in [4.69, 9.17) is 0 Å². The number of carbonyl (C=O) groups excluding carboxylic acids is 2. The van der Waals surface area contributed by atoms with Crippen molar-refractivity contribution >= 4 is 11.8 Å². The highest BCUT2D eigenvalue weighted by molar-refractivity contribution is 6.40. The normalized spacial score (nSPS) is 10.4. The topological polar surface area (TPSA) is 43.4 Å². The Morgan fingerprint density at radius 3 is 2.53 bits per heavy atom. The average molecular weight is 242 g/mol. The summed E-state index contributed by atoms with van der Waals surface area (Å²) in [5, 5.41) is 0. The van der Waals surface area contributed by atoms with Crippen LogP contribution in [0.2, 0.25) is 0 Å². The van der Waals surface area contributed by atoms with Gasteiger partial charge in [0.25, 0.3) is 12.2 Å². The summed E-state index contributed by atoms with van der Waals surface area (Å²) in [7, 11) is 0. The molecule has 0 aliphatic carbocycles. The average Bonchev–Trinajstić information content (AvgIpc) is 2.28. The molecule has 17 heavy (non-hydrogen) atoms. The van der Waals surface area contributed by atoms with Crippen molar-refractivity contribution in [3.63, 3.8) is 0 Å². The van der Waals surface area contributed by atoms with Crippen molar-refractivity contribution in [1.29, 1.82) is 0 Å². The van der Waals surface area contributed by atoms with Gasteiger partial charge in [0.2, 0.25) is 0 Å². The monoisotopic (exact) mass is 242 g/mol. The molecule has 1 aromatic carbocycles. The first kappa shape index (κ1) is 13.3. The fourth-order valence-corrected chi connectivity index (χ4v) is 1.33. The molecule has 0 unspecified atom stereocenters. The molecular weight excluding hydrogens is 230 g/mol. The standard InChI is InChI=1S/C12H12F2O3/c1-3-17-12(16)10(15)8-5-4-7(2)9(6-8)11(13)14/h4-6,11H,3H2,1-2H3. The maximum Gasteiger partial charge on any atom is 0.379 e. The molecule has 0 fully saturated rings. The zero-order valence-corrected chi connectivity index (χ0v) is 9.50. The lowest BCUT2D eigenvalue weighted by molar-refractivity contribution is -0.137. The van der Waals surface area contributed by atoms with Gasteiger partial charge in [0.05, 0.1) is 6.61 Å². The Hall–Kier alpha value is -1.78. The molecule has 1 rings (SSSR count). The van der Waals surface area contributed by atoms with Crippen LogP contribution in [-0.2, 0) is 9.53 Å². The smallest absolute Gasteiger partial charge is 0.379 e. The molecule has 3 nitrogen and oxygen atoms in total. The summed E-state index contributed by atoms with van der Waals surface area (Å²) >= 11 is 0. The summed E-state index contributed by atoms with van der Waals surface area (Å²) in [6, 6.07) is 3.74. The zero-order chi connectivity index (χ0) is 13.0. The fourth-order valence-electron chi connectivity index (χ4n) is 1.33. The van der Waals surface area contributed by atoms with Crippen LogP contribution in [0.25, 0.3) is 0 Å². The molecule has 0 aliphatic heterocycles. The quantitative estimate of drug-likeness (QED) is 0.463. The molecule has 0 spiro atoms. The first-order valence-electron chi connectivity index (χ1n) is 5.07. The number of esters is 1. The predicted octanol–water partition coefficient (Wildman–Crippen LogP) is 2.68. The first-order valence-corrected chi connectivity index (χ1v) is 5.07. The van der Waals surface area contributed by atoms with Crippen molar-refractivity contribution in [2.45, 2.75) is 20.3 Å². The maximum absolute atomic E-state index is 12.6. The third-order valence-corrected chi connectivity index (χ3v) is 2.24. The molecule has 5 heteroatoms. The lowest BCUT2D eigenvalue weighted by atomic mass is 10.0. The lowest BCUT2D eigenvalue weighted by Crippen LogP contribution is -2.17. The number of Topliss-reactive ketones (excluding diaryl/α,β-unsaturated/α-hetero) is 1. The molecule has 92 valence electrons. The highest BCUT2D eigenvalue weighted by atomic mass is 19.3. The van der Waals surface area contributed by atoms with Crippen molar-refractivity contribution in [2.75, 3.05) is 6.61 Å². The predicted molar refractivity (Wildman–Crippen MR) is 57.1 cm³/mol. The van der Waals surface area contributed by atoms with E-state index in [1.165, 1.54) is 19.1 Å². The van der Waals surface area contributed by atoms with Gasteiger partial charge in [-0.2, -0.15) is 0 Å². The van der Waals surface area contributed by atoms with Gasteiger partial charge in [-0.3, -0.25) is 4.79 Å². The molecular formula is C12H12F2O3. The van der Waals surface area contributed by atoms with Crippen LogP contribution in [0.15, 0.2) is 18.2 Å². The van der Waals surface area contributed by atoms with Gasteiger partial charge < -0.3 is 4.74 Å². The van der Waals surface area contributed by atoms with Crippen molar-refractivity contribution in [3.05, 3.63) is 34.9 Å². The van der Waals surface area contributed by atoms with E-state index in [1.54, 1.807) is 6.92 Å². The number of rotatable bonds is 4. The Morgan fingerprint density at radius 2 is 2.00 bits per heavy atom. The first-order chi connectivity index (χ1) is 7.97. The second kappa shape index (κ2) is 5.52. The molecule has 1 aromatic rings. The molecule has 0 radical (unpaired) electrons. The molecule has 0 atom stereocenters. The van der Waals surface area contributed by atoms with E-state index in [-0.39, 0.29) is 17.7 Å². The van der Waals surface area contributed by atoms with Crippen LogP contribution in [0, 0.1) is 6.92 Å². The molecule has 0 aromatic heterocycles. The maximum atomic E-state index is 12.6. The number of aryl methyl sites for hydroxylation is 1. The molecule has 0 saturated heterocycles. The van der Waals surface area contributed by atoms with Gasteiger partial charge in [0, 0.05) is 11.1 Å². The van der Waals surface area contributed by atoms with Crippen LogP contribution < -0.4 is 0 Å². The van der Waals surface area contributed by atoms with Crippen molar-refractivity contribution in [1.82, 2.24) is 0 Å². The van der Waals surface area contributed by atoms with E-state index in [0.29, 0.717) is 5.56 Å². The number of halogens is 2. The SMILES string of the molecule is CCOC(=O)C(=O)c1ccc(C)c(C(F)F)c1. The minimum atomic E-state index is -2.68. The highest BCUT2D eigenvalue weighted by Gasteiger charge is 2.20. The number of ether oxygens (including phenoxy) is 1. The second-order valence-corrected chi connectivity index (χ2v) is 3.42. The van der Waals surface area contributed by atoms with E-state index >= 15 is 0 Å². The van der Waals surface area contributed by atoms with Crippen LogP contribution in [0.1, 0.15) is 34.8 Å². The fraction of sp³-hybridized carbons (Fsp3) is 0.333. The lowest BCUT2D eigenvalue weighted by Gasteiger charge is -2.07. The zero-order valence-electron chi connectivity index (χ0n) is 9.50. The van der Waals surface area contributed by atoms with Gasteiger partial charge in [-0.15, -0.1) is 0 Å². The number of ketones is 1. The summed E-state index contributed by atoms with van der Waals surface area (Å²) in [5.41, 5.74) is 0.0462. The van der Waals surface area contributed by atoms with Crippen LogP contribution in [-0.4, -0.2) is 18.4 Å².